The number of hydrogen-bond donors (Lipinski definition) is 2. The highest BCUT2D eigenvalue weighted by molar-refractivity contribution is 5.82. The average Bonchev–Trinajstić information content (AvgIpc) is 3.25. The molecule has 2 amide bonds. The average molecular weight is 302 g/mol. The van der Waals surface area contributed by atoms with Crippen LogP contribution in [0.15, 0.2) is 30.3 Å². The Morgan fingerprint density at radius 2 is 1.95 bits per heavy atom. The Morgan fingerprint density at radius 3 is 2.55 bits per heavy atom. The third-order valence-electron chi connectivity index (χ3n) is 4.21. The van der Waals surface area contributed by atoms with E-state index in [1.54, 1.807) is 0 Å². The van der Waals surface area contributed by atoms with Crippen LogP contribution in [0.2, 0.25) is 0 Å². The van der Waals surface area contributed by atoms with Crippen molar-refractivity contribution in [1.82, 2.24) is 10.6 Å². The largest absolute Gasteiger partial charge is 0.355 e. The van der Waals surface area contributed by atoms with Crippen molar-refractivity contribution < 1.29 is 9.59 Å². The third-order valence-corrected chi connectivity index (χ3v) is 4.21. The zero-order valence-electron chi connectivity index (χ0n) is 13.5. The van der Waals surface area contributed by atoms with E-state index < -0.39 is 0 Å². The van der Waals surface area contributed by atoms with Crippen LogP contribution in [-0.2, 0) is 9.59 Å². The normalized spacial score (nSPS) is 21.0. The molecule has 0 unspecified atom stereocenters. The molecule has 120 valence electrons. The summed E-state index contributed by atoms with van der Waals surface area (Å²) < 4.78 is 0. The standard InChI is InChI=1S/C18H26N2O2/c1-3-7-16(14-8-5-4-6-9-14)20-17(21)10-11-19-18(22)15-12-13(15)2/h4-6,8-9,13,15-16H,3,7,10-12H2,1-2H3,(H,19,22)(H,20,21)/t13-,15-,16+/m0/s1. The van der Waals surface area contributed by atoms with E-state index in [-0.39, 0.29) is 23.8 Å². The first-order valence-corrected chi connectivity index (χ1v) is 8.23. The van der Waals surface area contributed by atoms with Crippen molar-refractivity contribution in [2.45, 2.75) is 45.6 Å². The minimum absolute atomic E-state index is 0.00792. The number of amides is 2. The summed E-state index contributed by atoms with van der Waals surface area (Å²) in [5.74, 6) is 0.751. The van der Waals surface area contributed by atoms with Crippen molar-refractivity contribution in [3.63, 3.8) is 0 Å². The summed E-state index contributed by atoms with van der Waals surface area (Å²) in [6, 6.07) is 10.1. The molecule has 0 radical (unpaired) electrons. The molecule has 0 aromatic heterocycles. The van der Waals surface area contributed by atoms with Gasteiger partial charge in [-0.25, -0.2) is 0 Å². The van der Waals surface area contributed by atoms with Crippen LogP contribution in [0.5, 0.6) is 0 Å². The second-order valence-corrected chi connectivity index (χ2v) is 6.18. The van der Waals surface area contributed by atoms with Gasteiger partial charge in [0.2, 0.25) is 11.8 Å². The first kappa shape index (κ1) is 16.5. The molecule has 2 rings (SSSR count). The summed E-state index contributed by atoms with van der Waals surface area (Å²) in [7, 11) is 0. The lowest BCUT2D eigenvalue weighted by atomic mass is 10.0. The summed E-state index contributed by atoms with van der Waals surface area (Å²) in [5, 5.41) is 5.92. The van der Waals surface area contributed by atoms with Gasteiger partial charge < -0.3 is 10.6 Å². The monoisotopic (exact) mass is 302 g/mol. The number of rotatable bonds is 8. The summed E-state index contributed by atoms with van der Waals surface area (Å²) >= 11 is 0. The Hall–Kier alpha value is -1.84. The van der Waals surface area contributed by atoms with Crippen molar-refractivity contribution in [3.8, 4) is 0 Å². The van der Waals surface area contributed by atoms with E-state index in [1.807, 2.05) is 30.3 Å². The molecule has 1 aliphatic rings. The Morgan fingerprint density at radius 1 is 1.27 bits per heavy atom. The van der Waals surface area contributed by atoms with Crippen molar-refractivity contribution in [3.05, 3.63) is 35.9 Å². The molecule has 1 aliphatic carbocycles. The third kappa shape index (κ3) is 4.86. The topological polar surface area (TPSA) is 58.2 Å². The molecule has 0 heterocycles. The lowest BCUT2D eigenvalue weighted by Gasteiger charge is -2.18. The number of carbonyl (C=O) groups excluding carboxylic acids is 2. The number of hydrogen-bond acceptors (Lipinski definition) is 2. The Kier molecular flexibility index (Phi) is 5.99. The maximum absolute atomic E-state index is 12.1. The lowest BCUT2D eigenvalue weighted by Crippen LogP contribution is -2.33. The quantitative estimate of drug-likeness (QED) is 0.776. The van der Waals surface area contributed by atoms with E-state index in [1.165, 1.54) is 0 Å². The molecule has 4 heteroatoms. The predicted molar refractivity (Wildman–Crippen MR) is 87.1 cm³/mol. The molecule has 1 fully saturated rings. The molecule has 1 aromatic carbocycles. The predicted octanol–water partition coefficient (Wildman–Crippen LogP) is 2.81. The van der Waals surface area contributed by atoms with Crippen LogP contribution in [0.25, 0.3) is 0 Å². The fourth-order valence-corrected chi connectivity index (χ4v) is 2.68. The van der Waals surface area contributed by atoms with Gasteiger partial charge in [-0.1, -0.05) is 50.6 Å². The number of carbonyl (C=O) groups is 2. The molecule has 3 atom stereocenters. The van der Waals surface area contributed by atoms with Gasteiger partial charge in [0.05, 0.1) is 6.04 Å². The summed E-state index contributed by atoms with van der Waals surface area (Å²) in [6.45, 7) is 4.60. The van der Waals surface area contributed by atoms with Crippen molar-refractivity contribution >= 4 is 11.8 Å². The SMILES string of the molecule is CCC[C@@H](NC(=O)CCNC(=O)[C@H]1C[C@@H]1C)c1ccccc1. The van der Waals surface area contributed by atoms with Crippen molar-refractivity contribution in [1.29, 1.82) is 0 Å². The van der Waals surface area contributed by atoms with E-state index in [0.29, 0.717) is 18.9 Å². The van der Waals surface area contributed by atoms with E-state index in [2.05, 4.69) is 24.5 Å². The first-order valence-electron chi connectivity index (χ1n) is 8.23. The van der Waals surface area contributed by atoms with Crippen LogP contribution < -0.4 is 10.6 Å². The Bertz CT molecular complexity index is 501. The van der Waals surface area contributed by atoms with Crippen LogP contribution in [0, 0.1) is 11.8 Å². The molecule has 2 N–H and O–H groups in total. The highest BCUT2D eigenvalue weighted by Crippen LogP contribution is 2.37. The van der Waals surface area contributed by atoms with Crippen LogP contribution in [-0.4, -0.2) is 18.4 Å². The number of nitrogens with one attached hydrogen (secondary N) is 2. The Labute approximate surface area is 132 Å². The Balaban J connectivity index is 1.75. The highest BCUT2D eigenvalue weighted by Gasteiger charge is 2.38. The molecule has 1 aromatic rings. The van der Waals surface area contributed by atoms with Gasteiger partial charge in [-0.3, -0.25) is 9.59 Å². The molecular weight excluding hydrogens is 276 g/mol. The van der Waals surface area contributed by atoms with E-state index in [4.69, 9.17) is 0 Å². The first-order chi connectivity index (χ1) is 10.6. The molecule has 0 spiro atoms. The molecule has 22 heavy (non-hydrogen) atoms. The second kappa shape index (κ2) is 7.97. The maximum atomic E-state index is 12.1. The maximum Gasteiger partial charge on any atom is 0.223 e. The van der Waals surface area contributed by atoms with Gasteiger partial charge >= 0.3 is 0 Å². The van der Waals surface area contributed by atoms with Gasteiger partial charge in [0.1, 0.15) is 0 Å². The van der Waals surface area contributed by atoms with Crippen molar-refractivity contribution in [2.75, 3.05) is 6.54 Å². The fraction of sp³-hybridized carbons (Fsp3) is 0.556. The van der Waals surface area contributed by atoms with Gasteiger partial charge in [-0.15, -0.1) is 0 Å². The van der Waals surface area contributed by atoms with Crippen LogP contribution >= 0.6 is 0 Å². The molecule has 1 saturated carbocycles. The van der Waals surface area contributed by atoms with Crippen molar-refractivity contribution in [2.24, 2.45) is 11.8 Å². The molecule has 4 nitrogen and oxygen atoms in total. The van der Waals surface area contributed by atoms with E-state index >= 15 is 0 Å². The lowest BCUT2D eigenvalue weighted by molar-refractivity contribution is -0.123. The molecule has 0 aliphatic heterocycles. The summed E-state index contributed by atoms with van der Waals surface area (Å²) in [5.41, 5.74) is 1.13. The van der Waals surface area contributed by atoms with Gasteiger partial charge in [0.15, 0.2) is 0 Å². The van der Waals surface area contributed by atoms with E-state index in [0.717, 1.165) is 24.8 Å². The van der Waals surface area contributed by atoms with E-state index in [9.17, 15) is 9.59 Å². The van der Waals surface area contributed by atoms with Gasteiger partial charge in [-0.05, 0) is 24.3 Å². The molecule has 0 saturated heterocycles. The molecular formula is C18H26N2O2. The summed E-state index contributed by atoms with van der Waals surface area (Å²) in [6.07, 6.45) is 3.24. The zero-order chi connectivity index (χ0) is 15.9. The fourth-order valence-electron chi connectivity index (χ4n) is 2.68. The molecule has 0 bridgehead atoms. The second-order valence-electron chi connectivity index (χ2n) is 6.18. The minimum Gasteiger partial charge on any atom is -0.355 e. The minimum atomic E-state index is -0.00792. The van der Waals surface area contributed by atoms with Gasteiger partial charge in [0.25, 0.3) is 0 Å². The highest BCUT2D eigenvalue weighted by atomic mass is 16.2. The van der Waals surface area contributed by atoms with Gasteiger partial charge in [-0.2, -0.15) is 0 Å². The zero-order valence-corrected chi connectivity index (χ0v) is 13.5. The van der Waals surface area contributed by atoms with Crippen LogP contribution in [0.3, 0.4) is 0 Å². The number of benzene rings is 1. The van der Waals surface area contributed by atoms with Gasteiger partial charge in [0, 0.05) is 18.9 Å². The summed E-state index contributed by atoms with van der Waals surface area (Å²) in [4.78, 5) is 23.8. The van der Waals surface area contributed by atoms with Crippen LogP contribution in [0.1, 0.15) is 51.1 Å². The van der Waals surface area contributed by atoms with Crippen LogP contribution in [0.4, 0.5) is 0 Å². The smallest absolute Gasteiger partial charge is 0.223 e.